The molecule has 0 spiro atoms. The zero-order valence-electron chi connectivity index (χ0n) is 10.6. The molecule has 0 unspecified atom stereocenters. The van der Waals surface area contributed by atoms with Crippen LogP contribution in [0.15, 0.2) is 12.1 Å². The van der Waals surface area contributed by atoms with Gasteiger partial charge in [0.05, 0.1) is 5.69 Å². The highest BCUT2D eigenvalue weighted by Gasteiger charge is 2.31. The SMILES string of the molecule is CC(C)(C)OC(=O)N1CCc2c(F)cc(F)cc21. The molecule has 98 valence electrons. The second-order valence-corrected chi connectivity index (χ2v) is 5.27. The normalized spacial score (nSPS) is 14.6. The fraction of sp³-hybridized carbons (Fsp3) is 0.462. The van der Waals surface area contributed by atoms with Gasteiger partial charge in [0.25, 0.3) is 0 Å². The molecule has 1 aromatic rings. The number of nitrogens with zero attached hydrogens (tertiary/aromatic N) is 1. The number of fused-ring (bicyclic) bond motifs is 1. The molecule has 0 atom stereocenters. The van der Waals surface area contributed by atoms with Crippen LogP contribution in [0.4, 0.5) is 19.3 Å². The number of carbonyl (C=O) groups excluding carboxylic acids is 1. The van der Waals surface area contributed by atoms with Crippen molar-refractivity contribution in [1.82, 2.24) is 0 Å². The van der Waals surface area contributed by atoms with Crippen molar-refractivity contribution in [3.63, 3.8) is 0 Å². The summed E-state index contributed by atoms with van der Waals surface area (Å²) in [4.78, 5) is 13.2. The van der Waals surface area contributed by atoms with Gasteiger partial charge >= 0.3 is 6.09 Å². The Morgan fingerprint density at radius 2 is 2.00 bits per heavy atom. The summed E-state index contributed by atoms with van der Waals surface area (Å²) in [5.41, 5.74) is -0.00452. The third-order valence-electron chi connectivity index (χ3n) is 2.63. The standard InChI is InChI=1S/C13H15F2NO2/c1-13(2,3)18-12(17)16-5-4-9-10(15)6-8(14)7-11(9)16/h6-7H,4-5H2,1-3H3. The molecular weight excluding hydrogens is 240 g/mol. The topological polar surface area (TPSA) is 29.5 Å². The van der Waals surface area contributed by atoms with E-state index >= 15 is 0 Å². The van der Waals surface area contributed by atoms with Gasteiger partial charge in [-0.2, -0.15) is 0 Å². The van der Waals surface area contributed by atoms with Gasteiger partial charge < -0.3 is 4.74 Å². The van der Waals surface area contributed by atoms with Crippen LogP contribution in [0.25, 0.3) is 0 Å². The fourth-order valence-corrected chi connectivity index (χ4v) is 1.93. The Morgan fingerprint density at radius 1 is 1.33 bits per heavy atom. The molecule has 0 aromatic heterocycles. The molecule has 1 amide bonds. The summed E-state index contributed by atoms with van der Waals surface area (Å²) >= 11 is 0. The van der Waals surface area contributed by atoms with Gasteiger partial charge in [-0.1, -0.05) is 0 Å². The van der Waals surface area contributed by atoms with E-state index < -0.39 is 23.3 Å². The van der Waals surface area contributed by atoms with E-state index in [1.165, 1.54) is 4.90 Å². The molecule has 0 saturated carbocycles. The number of hydrogen-bond donors (Lipinski definition) is 0. The number of halogens is 2. The zero-order valence-corrected chi connectivity index (χ0v) is 10.6. The molecule has 18 heavy (non-hydrogen) atoms. The van der Waals surface area contributed by atoms with Gasteiger partial charge in [0, 0.05) is 18.2 Å². The van der Waals surface area contributed by atoms with Gasteiger partial charge in [-0.05, 0) is 33.3 Å². The molecule has 0 aliphatic carbocycles. The minimum atomic E-state index is -0.693. The summed E-state index contributed by atoms with van der Waals surface area (Å²) in [7, 11) is 0. The Balaban J connectivity index is 2.29. The summed E-state index contributed by atoms with van der Waals surface area (Å²) in [6.07, 6.45) is -0.202. The predicted molar refractivity (Wildman–Crippen MR) is 63.6 cm³/mol. The molecule has 1 aromatic carbocycles. The lowest BCUT2D eigenvalue weighted by atomic mass is 10.1. The smallest absolute Gasteiger partial charge is 0.414 e. The lowest BCUT2D eigenvalue weighted by Gasteiger charge is -2.24. The lowest BCUT2D eigenvalue weighted by Crippen LogP contribution is -2.35. The summed E-state index contributed by atoms with van der Waals surface area (Å²) in [6, 6.07) is 1.99. The van der Waals surface area contributed by atoms with Gasteiger partial charge in [0.2, 0.25) is 0 Å². The average Bonchev–Trinajstić information content (AvgIpc) is 2.58. The zero-order chi connectivity index (χ0) is 13.5. The number of amides is 1. The predicted octanol–water partition coefficient (Wildman–Crippen LogP) is 3.26. The summed E-state index contributed by atoms with van der Waals surface area (Å²) in [5.74, 6) is -1.31. The average molecular weight is 255 g/mol. The van der Waals surface area contributed by atoms with Crippen LogP contribution in [0.2, 0.25) is 0 Å². The molecule has 5 heteroatoms. The number of hydrogen-bond acceptors (Lipinski definition) is 2. The van der Waals surface area contributed by atoms with Crippen molar-refractivity contribution < 1.29 is 18.3 Å². The van der Waals surface area contributed by atoms with Crippen LogP contribution in [0.3, 0.4) is 0 Å². The molecule has 1 aliphatic heterocycles. The highest BCUT2D eigenvalue weighted by Crippen LogP contribution is 2.32. The highest BCUT2D eigenvalue weighted by atomic mass is 19.1. The number of ether oxygens (including phenoxy) is 1. The third kappa shape index (κ3) is 2.44. The lowest BCUT2D eigenvalue weighted by molar-refractivity contribution is 0.0584. The first-order chi connectivity index (χ1) is 8.28. The molecule has 1 aliphatic rings. The second-order valence-electron chi connectivity index (χ2n) is 5.27. The first-order valence-corrected chi connectivity index (χ1v) is 5.76. The quantitative estimate of drug-likeness (QED) is 0.712. The molecule has 0 radical (unpaired) electrons. The summed E-state index contributed by atoms with van der Waals surface area (Å²) < 4.78 is 31.9. The molecule has 3 nitrogen and oxygen atoms in total. The van der Waals surface area contributed by atoms with E-state index in [4.69, 9.17) is 4.74 Å². The molecule has 0 N–H and O–H groups in total. The highest BCUT2D eigenvalue weighted by molar-refractivity contribution is 5.90. The molecule has 2 rings (SSSR count). The van der Waals surface area contributed by atoms with Crippen molar-refractivity contribution in [1.29, 1.82) is 0 Å². The van der Waals surface area contributed by atoms with E-state index in [9.17, 15) is 13.6 Å². The minimum Gasteiger partial charge on any atom is -0.443 e. The molecule has 0 saturated heterocycles. The van der Waals surface area contributed by atoms with E-state index in [-0.39, 0.29) is 5.69 Å². The monoisotopic (exact) mass is 255 g/mol. The van der Waals surface area contributed by atoms with E-state index in [2.05, 4.69) is 0 Å². The largest absolute Gasteiger partial charge is 0.443 e. The van der Waals surface area contributed by atoms with Crippen molar-refractivity contribution in [2.24, 2.45) is 0 Å². The Hall–Kier alpha value is -1.65. The Kier molecular flexibility index (Phi) is 3.00. The number of carbonyl (C=O) groups is 1. The van der Waals surface area contributed by atoms with Crippen LogP contribution in [-0.2, 0) is 11.2 Å². The van der Waals surface area contributed by atoms with Gasteiger partial charge in [-0.25, -0.2) is 13.6 Å². The molecular formula is C13H15F2NO2. The van der Waals surface area contributed by atoms with Gasteiger partial charge in [-0.15, -0.1) is 0 Å². The summed E-state index contributed by atoms with van der Waals surface area (Å²) in [6.45, 7) is 5.54. The van der Waals surface area contributed by atoms with Gasteiger partial charge in [0.1, 0.15) is 17.2 Å². The molecule has 1 heterocycles. The maximum atomic E-state index is 13.5. The van der Waals surface area contributed by atoms with Gasteiger partial charge in [0.15, 0.2) is 0 Å². The second kappa shape index (κ2) is 4.23. The number of rotatable bonds is 0. The van der Waals surface area contributed by atoms with Crippen molar-refractivity contribution in [3.05, 3.63) is 29.3 Å². The van der Waals surface area contributed by atoms with Gasteiger partial charge in [-0.3, -0.25) is 4.90 Å². The van der Waals surface area contributed by atoms with Crippen molar-refractivity contribution in [2.75, 3.05) is 11.4 Å². The summed E-state index contributed by atoms with van der Waals surface area (Å²) in [5, 5.41) is 0. The van der Waals surface area contributed by atoms with Crippen molar-refractivity contribution >= 4 is 11.8 Å². The Labute approximate surface area is 104 Å². The maximum Gasteiger partial charge on any atom is 0.414 e. The first-order valence-electron chi connectivity index (χ1n) is 5.76. The van der Waals surface area contributed by atoms with E-state index in [1.54, 1.807) is 20.8 Å². The van der Waals surface area contributed by atoms with Crippen LogP contribution in [-0.4, -0.2) is 18.2 Å². The molecule has 0 fully saturated rings. The third-order valence-corrected chi connectivity index (χ3v) is 2.63. The van der Waals surface area contributed by atoms with E-state index in [0.29, 0.717) is 18.5 Å². The van der Waals surface area contributed by atoms with Crippen LogP contribution in [0.5, 0.6) is 0 Å². The van der Waals surface area contributed by atoms with Crippen molar-refractivity contribution in [2.45, 2.75) is 32.8 Å². The van der Waals surface area contributed by atoms with E-state index in [1.807, 2.05) is 0 Å². The fourth-order valence-electron chi connectivity index (χ4n) is 1.93. The van der Waals surface area contributed by atoms with Crippen LogP contribution in [0.1, 0.15) is 26.3 Å². The Bertz CT molecular complexity index is 494. The van der Waals surface area contributed by atoms with Crippen LogP contribution in [0, 0.1) is 11.6 Å². The van der Waals surface area contributed by atoms with Crippen LogP contribution >= 0.6 is 0 Å². The van der Waals surface area contributed by atoms with Crippen molar-refractivity contribution in [3.8, 4) is 0 Å². The van der Waals surface area contributed by atoms with E-state index in [0.717, 1.165) is 12.1 Å². The first kappa shape index (κ1) is 12.8. The maximum absolute atomic E-state index is 13.5. The number of benzene rings is 1. The van der Waals surface area contributed by atoms with Crippen LogP contribution < -0.4 is 4.90 Å². The number of anilines is 1. The molecule has 0 bridgehead atoms. The minimum absolute atomic E-state index is 0.266. The Morgan fingerprint density at radius 3 is 2.61 bits per heavy atom.